The van der Waals surface area contributed by atoms with Crippen molar-refractivity contribution in [2.75, 3.05) is 6.61 Å². The molecule has 0 unspecified atom stereocenters. The van der Waals surface area contributed by atoms with Crippen LogP contribution in [0.3, 0.4) is 0 Å². The smallest absolute Gasteiger partial charge is 0.262 e. The Labute approximate surface area is 165 Å². The van der Waals surface area contributed by atoms with Crippen LogP contribution < -0.4 is 15.0 Å². The van der Waals surface area contributed by atoms with E-state index in [0.717, 1.165) is 5.75 Å². The highest BCUT2D eigenvalue weighted by atomic mass is 32.1. The molecule has 0 fully saturated rings. The first-order valence-corrected chi connectivity index (χ1v) is 9.63. The predicted octanol–water partition coefficient (Wildman–Crippen LogP) is 3.69. The number of para-hydroxylation sites is 1. The zero-order valence-electron chi connectivity index (χ0n) is 14.9. The van der Waals surface area contributed by atoms with Gasteiger partial charge in [-0.25, -0.2) is 4.98 Å². The van der Waals surface area contributed by atoms with Crippen molar-refractivity contribution in [2.24, 2.45) is 0 Å². The quantitative estimate of drug-likeness (QED) is 0.518. The van der Waals surface area contributed by atoms with Crippen molar-refractivity contribution in [1.29, 1.82) is 0 Å². The molecule has 6 nitrogen and oxygen atoms in total. The first kappa shape index (κ1) is 18.2. The molecule has 1 N–H and O–H groups in total. The lowest BCUT2D eigenvalue weighted by atomic mass is 10.3. The molecule has 0 aliphatic carbocycles. The second-order valence-electron chi connectivity index (χ2n) is 6.19. The van der Waals surface area contributed by atoms with Crippen LogP contribution in [0.5, 0.6) is 17.2 Å². The fraction of sp³-hybridized carbons (Fsp3) is 0.143. The van der Waals surface area contributed by atoms with Crippen LogP contribution in [0.2, 0.25) is 0 Å². The van der Waals surface area contributed by atoms with Crippen LogP contribution in [-0.4, -0.2) is 27.4 Å². The summed E-state index contributed by atoms with van der Waals surface area (Å²) in [5.74, 6) is 2.06. The molecule has 0 aliphatic rings. The van der Waals surface area contributed by atoms with Crippen LogP contribution in [0.25, 0.3) is 10.2 Å². The summed E-state index contributed by atoms with van der Waals surface area (Å²) in [7, 11) is 0. The molecular formula is C21H18N2O4S. The molecule has 28 heavy (non-hydrogen) atoms. The SMILES string of the molecule is O=c1c2ccsc2ncn1C[C@@H](O)COc1ccc(Oc2ccccc2)cc1. The minimum absolute atomic E-state index is 0.0625. The van der Waals surface area contributed by atoms with E-state index in [-0.39, 0.29) is 18.7 Å². The average molecular weight is 394 g/mol. The zero-order valence-corrected chi connectivity index (χ0v) is 15.7. The first-order chi connectivity index (χ1) is 13.7. The Bertz CT molecular complexity index is 1110. The van der Waals surface area contributed by atoms with Gasteiger partial charge in [-0.3, -0.25) is 9.36 Å². The highest BCUT2D eigenvalue weighted by Crippen LogP contribution is 2.23. The molecule has 0 amide bonds. The van der Waals surface area contributed by atoms with Gasteiger partial charge in [0, 0.05) is 0 Å². The van der Waals surface area contributed by atoms with Crippen molar-refractivity contribution in [3.8, 4) is 17.2 Å². The summed E-state index contributed by atoms with van der Waals surface area (Å²) < 4.78 is 12.8. The maximum Gasteiger partial charge on any atom is 0.262 e. The van der Waals surface area contributed by atoms with Gasteiger partial charge in [-0.1, -0.05) is 18.2 Å². The molecule has 2 heterocycles. The van der Waals surface area contributed by atoms with E-state index in [1.54, 1.807) is 30.3 Å². The van der Waals surface area contributed by atoms with Gasteiger partial charge in [-0.05, 0) is 47.8 Å². The van der Waals surface area contributed by atoms with Crippen molar-refractivity contribution >= 4 is 21.6 Å². The van der Waals surface area contributed by atoms with E-state index in [1.807, 2.05) is 35.7 Å². The number of hydrogen-bond acceptors (Lipinski definition) is 6. The Morgan fingerprint density at radius 2 is 1.71 bits per heavy atom. The third kappa shape index (κ3) is 4.21. The number of aromatic nitrogens is 2. The van der Waals surface area contributed by atoms with Gasteiger partial charge in [0.2, 0.25) is 0 Å². The Hall–Kier alpha value is -3.16. The van der Waals surface area contributed by atoms with Crippen molar-refractivity contribution < 1.29 is 14.6 Å². The van der Waals surface area contributed by atoms with Gasteiger partial charge in [0.1, 0.15) is 34.8 Å². The average Bonchev–Trinajstić information content (AvgIpc) is 3.20. The van der Waals surface area contributed by atoms with Gasteiger partial charge in [0.25, 0.3) is 5.56 Å². The number of ether oxygens (including phenoxy) is 2. The topological polar surface area (TPSA) is 73.6 Å². The number of hydrogen-bond donors (Lipinski definition) is 1. The largest absolute Gasteiger partial charge is 0.491 e. The fourth-order valence-corrected chi connectivity index (χ4v) is 3.45. The molecule has 142 valence electrons. The molecule has 4 aromatic rings. The number of fused-ring (bicyclic) bond motifs is 1. The van der Waals surface area contributed by atoms with E-state index < -0.39 is 6.10 Å². The number of benzene rings is 2. The molecular weight excluding hydrogens is 376 g/mol. The Balaban J connectivity index is 1.33. The highest BCUT2D eigenvalue weighted by molar-refractivity contribution is 7.16. The predicted molar refractivity (Wildman–Crippen MR) is 108 cm³/mol. The van der Waals surface area contributed by atoms with Crippen molar-refractivity contribution in [2.45, 2.75) is 12.6 Å². The van der Waals surface area contributed by atoms with Crippen molar-refractivity contribution in [1.82, 2.24) is 9.55 Å². The number of aliphatic hydroxyl groups excluding tert-OH is 1. The third-order valence-corrected chi connectivity index (χ3v) is 4.92. The summed E-state index contributed by atoms with van der Waals surface area (Å²) in [6, 6.07) is 18.4. The Morgan fingerprint density at radius 3 is 2.50 bits per heavy atom. The van der Waals surface area contributed by atoms with E-state index in [9.17, 15) is 9.90 Å². The molecule has 7 heteroatoms. The summed E-state index contributed by atoms with van der Waals surface area (Å²) in [4.78, 5) is 17.3. The van der Waals surface area contributed by atoms with Crippen molar-refractivity contribution in [3.63, 3.8) is 0 Å². The van der Waals surface area contributed by atoms with Crippen LogP contribution in [0.1, 0.15) is 0 Å². The number of aliphatic hydroxyl groups is 1. The van der Waals surface area contributed by atoms with E-state index in [4.69, 9.17) is 9.47 Å². The van der Waals surface area contributed by atoms with E-state index in [1.165, 1.54) is 22.2 Å². The minimum Gasteiger partial charge on any atom is -0.491 e. The van der Waals surface area contributed by atoms with Crippen LogP contribution in [-0.2, 0) is 6.54 Å². The lowest BCUT2D eigenvalue weighted by molar-refractivity contribution is 0.0914. The lowest BCUT2D eigenvalue weighted by Crippen LogP contribution is -2.30. The molecule has 1 atom stereocenters. The van der Waals surface area contributed by atoms with Gasteiger partial charge in [0.15, 0.2) is 0 Å². The van der Waals surface area contributed by atoms with E-state index in [2.05, 4.69) is 4.98 Å². The highest BCUT2D eigenvalue weighted by Gasteiger charge is 2.11. The molecule has 0 bridgehead atoms. The van der Waals surface area contributed by atoms with Crippen LogP contribution in [0.15, 0.2) is 77.2 Å². The lowest BCUT2D eigenvalue weighted by Gasteiger charge is -2.14. The zero-order chi connectivity index (χ0) is 19.3. The van der Waals surface area contributed by atoms with Gasteiger partial charge in [0.05, 0.1) is 18.3 Å². The number of thiophene rings is 1. The summed E-state index contributed by atoms with van der Waals surface area (Å²) in [6.07, 6.45) is 0.621. The van der Waals surface area contributed by atoms with Gasteiger partial charge < -0.3 is 14.6 Å². The summed E-state index contributed by atoms with van der Waals surface area (Å²) in [6.45, 7) is 0.180. The van der Waals surface area contributed by atoms with Crippen LogP contribution >= 0.6 is 11.3 Å². The molecule has 0 radical (unpaired) electrons. The minimum atomic E-state index is -0.837. The standard InChI is InChI=1S/C21H18N2O4S/c24-15(12-23-14-22-20-19(21(23)25)10-11-28-20)13-26-16-6-8-18(9-7-16)27-17-4-2-1-3-5-17/h1-11,14-15,24H,12-13H2/t15-/m1/s1. The second-order valence-corrected chi connectivity index (χ2v) is 7.09. The summed E-state index contributed by atoms with van der Waals surface area (Å²) in [5, 5.41) is 12.6. The number of rotatable bonds is 7. The fourth-order valence-electron chi connectivity index (χ4n) is 2.72. The number of nitrogens with zero attached hydrogens (tertiary/aromatic N) is 2. The molecule has 0 saturated heterocycles. The molecule has 0 spiro atoms. The third-order valence-electron chi connectivity index (χ3n) is 4.10. The molecule has 4 rings (SSSR count). The first-order valence-electron chi connectivity index (χ1n) is 8.75. The maximum atomic E-state index is 12.4. The molecule has 2 aromatic carbocycles. The van der Waals surface area contributed by atoms with Gasteiger partial charge in [-0.15, -0.1) is 11.3 Å². The van der Waals surface area contributed by atoms with Crippen molar-refractivity contribution in [3.05, 3.63) is 82.7 Å². The second kappa shape index (κ2) is 8.24. The Kier molecular flexibility index (Phi) is 5.36. The van der Waals surface area contributed by atoms with Gasteiger partial charge in [-0.2, -0.15) is 0 Å². The molecule has 2 aromatic heterocycles. The van der Waals surface area contributed by atoms with Crippen LogP contribution in [0, 0.1) is 0 Å². The molecule has 0 saturated carbocycles. The van der Waals surface area contributed by atoms with Crippen LogP contribution in [0.4, 0.5) is 0 Å². The van der Waals surface area contributed by atoms with E-state index in [0.29, 0.717) is 21.7 Å². The maximum absolute atomic E-state index is 12.4. The Morgan fingerprint density at radius 1 is 1.00 bits per heavy atom. The van der Waals surface area contributed by atoms with E-state index >= 15 is 0 Å². The van der Waals surface area contributed by atoms with Gasteiger partial charge >= 0.3 is 0 Å². The monoisotopic (exact) mass is 394 g/mol. The summed E-state index contributed by atoms with van der Waals surface area (Å²) >= 11 is 1.42. The normalized spacial score (nSPS) is 12.0. The molecule has 0 aliphatic heterocycles. The summed E-state index contributed by atoms with van der Waals surface area (Å²) in [5.41, 5.74) is -0.160.